The predicted molar refractivity (Wildman–Crippen MR) is 151 cm³/mol. The number of carbonyl (C=O) groups is 2. The fourth-order valence-corrected chi connectivity index (χ4v) is 9.05. The summed E-state index contributed by atoms with van der Waals surface area (Å²) in [5.74, 6) is 0.560. The van der Waals surface area contributed by atoms with Crippen molar-refractivity contribution in [2.45, 2.75) is 109 Å². The summed E-state index contributed by atoms with van der Waals surface area (Å²) in [7, 11) is 1.75. The molecule has 3 saturated carbocycles. The second-order valence-corrected chi connectivity index (χ2v) is 14.8. The van der Waals surface area contributed by atoms with E-state index in [1.54, 1.807) is 11.9 Å². The summed E-state index contributed by atoms with van der Waals surface area (Å²) in [6.45, 7) is 11.3. The quantitative estimate of drug-likeness (QED) is 0.418. The lowest BCUT2D eigenvalue weighted by Crippen LogP contribution is -2.55. The minimum Gasteiger partial charge on any atom is -0.443 e. The van der Waals surface area contributed by atoms with Crippen molar-refractivity contribution in [3.8, 4) is 0 Å². The molecule has 0 aromatic heterocycles. The van der Waals surface area contributed by atoms with Crippen molar-refractivity contribution in [2.24, 2.45) is 28.6 Å². The lowest BCUT2D eigenvalue weighted by Gasteiger charge is -2.57. The molecule has 220 valence electrons. The Morgan fingerprint density at radius 1 is 1.12 bits per heavy atom. The molecule has 4 fully saturated rings. The Morgan fingerprint density at radius 2 is 1.85 bits per heavy atom. The van der Waals surface area contributed by atoms with Crippen molar-refractivity contribution >= 4 is 11.9 Å². The molecule has 1 spiro atoms. The lowest BCUT2D eigenvalue weighted by molar-refractivity contribution is -0.208. The van der Waals surface area contributed by atoms with E-state index in [4.69, 9.17) is 14.2 Å². The molecule has 6 rings (SSSR count). The van der Waals surface area contributed by atoms with Crippen molar-refractivity contribution in [1.29, 1.82) is 0 Å². The van der Waals surface area contributed by atoms with E-state index in [2.05, 4.69) is 26.0 Å². The van der Waals surface area contributed by atoms with Gasteiger partial charge in [-0.2, -0.15) is 0 Å². The van der Waals surface area contributed by atoms with Gasteiger partial charge in [-0.3, -0.25) is 9.69 Å². The number of nitrogens with zero attached hydrogens (tertiary/aromatic N) is 1. The van der Waals surface area contributed by atoms with E-state index in [0.29, 0.717) is 50.1 Å². The molecule has 1 aliphatic heterocycles. The maximum absolute atomic E-state index is 13.4. The number of Topliss-reactive ketones (excluding diaryl/α,β-unsaturated/α-hetero) is 1. The molecule has 1 heterocycles. The second-order valence-electron chi connectivity index (χ2n) is 14.8. The minimum absolute atomic E-state index is 0.142. The molecule has 0 bridgehead atoms. The Labute approximate surface area is 239 Å². The highest BCUT2D eigenvalue weighted by Gasteiger charge is 2.62. The van der Waals surface area contributed by atoms with E-state index in [1.165, 1.54) is 11.1 Å². The number of aliphatic hydroxyl groups is 1. The molecule has 0 aromatic rings. The Morgan fingerprint density at radius 3 is 2.50 bits per heavy atom. The van der Waals surface area contributed by atoms with Crippen LogP contribution in [-0.2, 0) is 19.0 Å². The number of ketones is 1. The van der Waals surface area contributed by atoms with Crippen LogP contribution < -0.4 is 0 Å². The molecule has 7 nitrogen and oxygen atoms in total. The Kier molecular flexibility index (Phi) is 6.53. The molecule has 1 N–H and O–H groups in total. The van der Waals surface area contributed by atoms with Crippen molar-refractivity contribution < 1.29 is 28.9 Å². The van der Waals surface area contributed by atoms with E-state index in [1.807, 2.05) is 26.8 Å². The van der Waals surface area contributed by atoms with Gasteiger partial charge in [-0.1, -0.05) is 31.6 Å². The molecule has 7 heteroatoms. The Balaban J connectivity index is 1.35. The number of ether oxygens (including phenoxy) is 3. The number of carbonyl (C=O) groups excluding carboxylic acids is 2. The predicted octanol–water partition coefficient (Wildman–Crippen LogP) is 6.07. The van der Waals surface area contributed by atoms with Crippen molar-refractivity contribution in [3.63, 3.8) is 0 Å². The standard InChI is InChI=1S/C33H47NO6/c1-29(2,3)40-28(36)34(6)21-9-13-30(4,14-10-21)25-19-31(5)23(7-8-26(31)35)22-11-15-32(37)20-33(38-17-18-39-33)16-12-24(32)27(22)25/h9-10,13,22-23,25,37H,7-8,11-12,14-20H2,1-6H3/t22?,23-,25-,30?,31-,32+/m0/s1. The first kappa shape index (κ1) is 28.2. The first-order chi connectivity index (χ1) is 18.7. The van der Waals surface area contributed by atoms with Crippen LogP contribution in [0.5, 0.6) is 0 Å². The van der Waals surface area contributed by atoms with E-state index >= 15 is 0 Å². The summed E-state index contributed by atoms with van der Waals surface area (Å²) >= 11 is 0. The maximum Gasteiger partial charge on any atom is 0.414 e. The van der Waals surface area contributed by atoms with Crippen molar-refractivity contribution in [1.82, 2.24) is 4.90 Å². The Bertz CT molecular complexity index is 1190. The summed E-state index contributed by atoms with van der Waals surface area (Å²) < 4.78 is 17.7. The summed E-state index contributed by atoms with van der Waals surface area (Å²) in [6.07, 6.45) is 12.9. The summed E-state index contributed by atoms with van der Waals surface area (Å²) in [6, 6.07) is 0. The number of hydrogen-bond donors (Lipinski definition) is 1. The molecule has 2 unspecified atom stereocenters. The largest absolute Gasteiger partial charge is 0.443 e. The van der Waals surface area contributed by atoms with Gasteiger partial charge < -0.3 is 19.3 Å². The third kappa shape index (κ3) is 4.42. The smallest absolute Gasteiger partial charge is 0.414 e. The summed E-state index contributed by atoms with van der Waals surface area (Å²) in [5, 5.41) is 12.2. The van der Waals surface area contributed by atoms with Crippen LogP contribution in [0.3, 0.4) is 0 Å². The average Bonchev–Trinajstić information content (AvgIpc) is 3.45. The van der Waals surface area contributed by atoms with Gasteiger partial charge in [0.05, 0.1) is 18.8 Å². The Hall–Kier alpha value is -1.96. The van der Waals surface area contributed by atoms with E-state index in [9.17, 15) is 14.7 Å². The molecule has 6 atom stereocenters. The molecule has 1 saturated heterocycles. The highest BCUT2D eigenvalue weighted by Crippen LogP contribution is 2.66. The van der Waals surface area contributed by atoms with Gasteiger partial charge in [0.1, 0.15) is 11.4 Å². The van der Waals surface area contributed by atoms with Crippen molar-refractivity contribution in [3.05, 3.63) is 35.1 Å². The zero-order chi connectivity index (χ0) is 28.7. The average molecular weight is 554 g/mol. The molecule has 0 aromatic carbocycles. The van der Waals surface area contributed by atoms with Crippen molar-refractivity contribution in [2.75, 3.05) is 20.3 Å². The highest BCUT2D eigenvalue weighted by molar-refractivity contribution is 5.87. The zero-order valence-corrected chi connectivity index (χ0v) is 25.2. The third-order valence-corrected chi connectivity index (χ3v) is 11.2. The number of amides is 1. The zero-order valence-electron chi connectivity index (χ0n) is 25.2. The summed E-state index contributed by atoms with van der Waals surface area (Å²) in [5.41, 5.74) is 1.41. The number of hydrogen-bond acceptors (Lipinski definition) is 6. The molecule has 1 amide bonds. The van der Waals surface area contributed by atoms with Crippen LogP contribution >= 0.6 is 0 Å². The first-order valence-corrected chi connectivity index (χ1v) is 15.3. The fraction of sp³-hybridized carbons (Fsp3) is 0.758. The van der Waals surface area contributed by atoms with E-state index < -0.39 is 17.0 Å². The molecular weight excluding hydrogens is 506 g/mol. The monoisotopic (exact) mass is 553 g/mol. The van der Waals surface area contributed by atoms with Gasteiger partial charge in [0.25, 0.3) is 0 Å². The van der Waals surface area contributed by atoms with Gasteiger partial charge in [0.15, 0.2) is 5.79 Å². The molecule has 5 aliphatic carbocycles. The van der Waals surface area contributed by atoms with Gasteiger partial charge in [0.2, 0.25) is 0 Å². The van der Waals surface area contributed by atoms with Gasteiger partial charge in [-0.05, 0) is 94.1 Å². The molecular formula is C33H47NO6. The first-order valence-electron chi connectivity index (χ1n) is 15.3. The van der Waals surface area contributed by atoms with E-state index in [0.717, 1.165) is 44.2 Å². The van der Waals surface area contributed by atoms with Crippen LogP contribution in [0.25, 0.3) is 0 Å². The number of rotatable bonds is 2. The lowest BCUT2D eigenvalue weighted by atomic mass is 9.48. The normalized spacial score (nSPS) is 40.4. The molecule has 0 radical (unpaired) electrons. The van der Waals surface area contributed by atoms with Gasteiger partial charge in [-0.25, -0.2) is 4.79 Å². The van der Waals surface area contributed by atoms with Crippen LogP contribution in [-0.4, -0.2) is 59.1 Å². The molecule has 40 heavy (non-hydrogen) atoms. The highest BCUT2D eigenvalue weighted by atomic mass is 16.7. The van der Waals surface area contributed by atoms with Crippen LogP contribution in [0.2, 0.25) is 0 Å². The third-order valence-electron chi connectivity index (χ3n) is 11.2. The minimum atomic E-state index is -0.921. The van der Waals surface area contributed by atoms with Gasteiger partial charge >= 0.3 is 6.09 Å². The SMILES string of the molecule is CN(C(=O)OC(C)(C)C)C1=CCC(C)([C@H]2C[C@]3(C)C(=O)CC[C@H]3C3CC[C@@]4(O)CC5(CCC4=C32)OCCO5)C=C1. The van der Waals surface area contributed by atoms with Crippen LogP contribution in [0.4, 0.5) is 4.79 Å². The summed E-state index contributed by atoms with van der Waals surface area (Å²) in [4.78, 5) is 27.7. The number of allylic oxidation sites excluding steroid dienone is 4. The topological polar surface area (TPSA) is 85.3 Å². The van der Waals surface area contributed by atoms with E-state index in [-0.39, 0.29) is 22.8 Å². The van der Waals surface area contributed by atoms with Gasteiger partial charge in [0, 0.05) is 37.4 Å². The fourth-order valence-electron chi connectivity index (χ4n) is 9.05. The second kappa shape index (κ2) is 9.27. The number of likely N-dealkylation sites (N-methyl/N-ethyl adjacent to an activating group) is 1. The van der Waals surface area contributed by atoms with Crippen LogP contribution in [0, 0.1) is 28.6 Å². The van der Waals surface area contributed by atoms with Gasteiger partial charge in [-0.15, -0.1) is 0 Å². The van der Waals surface area contributed by atoms with Crippen LogP contribution in [0.15, 0.2) is 35.1 Å². The number of fused-ring (bicyclic) bond motifs is 4. The van der Waals surface area contributed by atoms with Crippen LogP contribution in [0.1, 0.15) is 92.4 Å². The maximum atomic E-state index is 13.4. The molecule has 6 aliphatic rings.